The second kappa shape index (κ2) is 4.80. The van der Waals surface area contributed by atoms with Gasteiger partial charge in [-0.05, 0) is 56.1 Å². The predicted octanol–water partition coefficient (Wildman–Crippen LogP) is 2.58. The van der Waals surface area contributed by atoms with E-state index in [0.717, 1.165) is 12.5 Å². The summed E-state index contributed by atoms with van der Waals surface area (Å²) in [5.41, 5.74) is 2.44. The summed E-state index contributed by atoms with van der Waals surface area (Å²) < 4.78 is 0. The van der Waals surface area contributed by atoms with E-state index in [9.17, 15) is 0 Å². The molecule has 3 rings (SSSR count). The zero-order valence-corrected chi connectivity index (χ0v) is 10.00. The summed E-state index contributed by atoms with van der Waals surface area (Å²) in [6.07, 6.45) is 4.57. The van der Waals surface area contributed by atoms with Crippen LogP contribution in [-0.4, -0.2) is 24.6 Å². The molecule has 0 unspecified atom stereocenters. The maximum Gasteiger partial charge on any atom is 0.0455 e. The molecule has 1 aliphatic rings. The van der Waals surface area contributed by atoms with Gasteiger partial charge in [-0.15, -0.1) is 0 Å². The molecular formula is C14H19N3. The van der Waals surface area contributed by atoms with Crippen molar-refractivity contribution in [3.63, 3.8) is 0 Å². The normalized spacial score (nSPS) is 17.4. The van der Waals surface area contributed by atoms with Crippen molar-refractivity contribution in [3.05, 3.63) is 30.5 Å². The first kappa shape index (κ1) is 10.7. The number of H-pyrrole nitrogens is 1. The third-order valence-electron chi connectivity index (χ3n) is 3.61. The largest absolute Gasteiger partial charge is 0.385 e. The van der Waals surface area contributed by atoms with Gasteiger partial charge in [-0.3, -0.25) is 0 Å². The van der Waals surface area contributed by atoms with E-state index in [1.807, 2.05) is 6.20 Å². The van der Waals surface area contributed by atoms with E-state index in [4.69, 9.17) is 0 Å². The number of hydrogen-bond acceptors (Lipinski definition) is 2. The van der Waals surface area contributed by atoms with E-state index < -0.39 is 0 Å². The lowest BCUT2D eigenvalue weighted by Crippen LogP contribution is -2.31. The highest BCUT2D eigenvalue weighted by atomic mass is 14.9. The summed E-state index contributed by atoms with van der Waals surface area (Å²) in [6.45, 7) is 3.43. The standard InChI is InChI=1S/C14H19N3/c1-2-14-12(5-8-16-14)9-13(1)17-10-11-3-6-15-7-4-11/h1-2,5,8-9,11,15-17H,3-4,6-7,10H2. The highest BCUT2D eigenvalue weighted by molar-refractivity contribution is 5.82. The Morgan fingerprint density at radius 3 is 2.94 bits per heavy atom. The van der Waals surface area contributed by atoms with E-state index in [-0.39, 0.29) is 0 Å². The van der Waals surface area contributed by atoms with E-state index in [0.29, 0.717) is 0 Å². The van der Waals surface area contributed by atoms with Crippen LogP contribution in [0.1, 0.15) is 12.8 Å². The summed E-state index contributed by atoms with van der Waals surface area (Å²) in [5.74, 6) is 0.818. The molecule has 2 heterocycles. The number of fused-ring (bicyclic) bond motifs is 1. The van der Waals surface area contributed by atoms with Gasteiger partial charge in [0.25, 0.3) is 0 Å². The molecule has 0 spiro atoms. The Hall–Kier alpha value is -1.48. The Morgan fingerprint density at radius 2 is 2.06 bits per heavy atom. The van der Waals surface area contributed by atoms with Crippen molar-refractivity contribution in [1.82, 2.24) is 10.3 Å². The number of benzene rings is 1. The lowest BCUT2D eigenvalue weighted by molar-refractivity contribution is 0.390. The summed E-state index contributed by atoms with van der Waals surface area (Å²) in [6, 6.07) is 8.62. The molecule has 0 atom stereocenters. The second-order valence-electron chi connectivity index (χ2n) is 4.85. The molecular weight excluding hydrogens is 210 g/mol. The maximum atomic E-state index is 3.55. The minimum Gasteiger partial charge on any atom is -0.385 e. The molecule has 0 radical (unpaired) electrons. The summed E-state index contributed by atoms with van der Waals surface area (Å²) in [4.78, 5) is 3.22. The quantitative estimate of drug-likeness (QED) is 0.757. The lowest BCUT2D eigenvalue weighted by atomic mass is 9.98. The van der Waals surface area contributed by atoms with Crippen LogP contribution in [0.15, 0.2) is 30.5 Å². The number of aromatic nitrogens is 1. The molecule has 3 N–H and O–H groups in total. The van der Waals surface area contributed by atoms with Crippen LogP contribution in [0.2, 0.25) is 0 Å². The van der Waals surface area contributed by atoms with Crippen LogP contribution in [0.25, 0.3) is 10.9 Å². The van der Waals surface area contributed by atoms with Crippen molar-refractivity contribution in [3.8, 4) is 0 Å². The van der Waals surface area contributed by atoms with Crippen LogP contribution in [0.3, 0.4) is 0 Å². The van der Waals surface area contributed by atoms with E-state index in [1.54, 1.807) is 0 Å². The van der Waals surface area contributed by atoms with E-state index >= 15 is 0 Å². The number of piperidine rings is 1. The van der Waals surface area contributed by atoms with Crippen LogP contribution < -0.4 is 10.6 Å². The van der Waals surface area contributed by atoms with E-state index in [2.05, 4.69) is 39.9 Å². The molecule has 17 heavy (non-hydrogen) atoms. The number of aromatic amines is 1. The molecule has 0 amide bonds. The van der Waals surface area contributed by atoms with Crippen LogP contribution in [0.4, 0.5) is 5.69 Å². The molecule has 3 heteroatoms. The molecule has 2 aromatic rings. The number of rotatable bonds is 3. The number of nitrogens with one attached hydrogen (secondary N) is 3. The average Bonchev–Trinajstić information content (AvgIpc) is 2.85. The monoisotopic (exact) mass is 229 g/mol. The predicted molar refractivity (Wildman–Crippen MR) is 72.4 cm³/mol. The molecule has 1 fully saturated rings. The zero-order valence-electron chi connectivity index (χ0n) is 10.00. The molecule has 3 nitrogen and oxygen atoms in total. The Labute approximate surface area is 102 Å². The minimum absolute atomic E-state index is 0.818. The van der Waals surface area contributed by atoms with Crippen LogP contribution in [0, 0.1) is 5.92 Å². The van der Waals surface area contributed by atoms with Crippen molar-refractivity contribution < 1.29 is 0 Å². The highest BCUT2D eigenvalue weighted by Gasteiger charge is 2.12. The summed E-state index contributed by atoms with van der Waals surface area (Å²) >= 11 is 0. The lowest BCUT2D eigenvalue weighted by Gasteiger charge is -2.23. The van der Waals surface area contributed by atoms with Gasteiger partial charge >= 0.3 is 0 Å². The van der Waals surface area contributed by atoms with Gasteiger partial charge in [0.1, 0.15) is 0 Å². The second-order valence-corrected chi connectivity index (χ2v) is 4.85. The van der Waals surface area contributed by atoms with Gasteiger partial charge in [-0.1, -0.05) is 0 Å². The van der Waals surface area contributed by atoms with Gasteiger partial charge in [0, 0.05) is 29.3 Å². The molecule has 1 aromatic heterocycles. The Kier molecular flexibility index (Phi) is 3.01. The first-order valence-corrected chi connectivity index (χ1v) is 6.43. The Morgan fingerprint density at radius 1 is 1.18 bits per heavy atom. The summed E-state index contributed by atoms with van der Waals surface area (Å²) in [7, 11) is 0. The smallest absolute Gasteiger partial charge is 0.0455 e. The van der Waals surface area contributed by atoms with Crippen molar-refractivity contribution in [2.45, 2.75) is 12.8 Å². The third-order valence-corrected chi connectivity index (χ3v) is 3.61. The molecule has 90 valence electrons. The van der Waals surface area contributed by atoms with Gasteiger partial charge in [-0.2, -0.15) is 0 Å². The number of anilines is 1. The van der Waals surface area contributed by atoms with Crippen LogP contribution in [-0.2, 0) is 0 Å². The average molecular weight is 229 g/mol. The van der Waals surface area contributed by atoms with Crippen molar-refractivity contribution in [2.24, 2.45) is 5.92 Å². The molecule has 0 saturated carbocycles. The van der Waals surface area contributed by atoms with Crippen LogP contribution >= 0.6 is 0 Å². The number of hydrogen-bond donors (Lipinski definition) is 3. The molecule has 1 aliphatic heterocycles. The van der Waals surface area contributed by atoms with E-state index in [1.165, 1.54) is 42.5 Å². The fraction of sp³-hybridized carbons (Fsp3) is 0.429. The van der Waals surface area contributed by atoms with Crippen molar-refractivity contribution in [2.75, 3.05) is 25.0 Å². The topological polar surface area (TPSA) is 39.8 Å². The fourth-order valence-electron chi connectivity index (χ4n) is 2.51. The maximum absolute atomic E-state index is 3.55. The van der Waals surface area contributed by atoms with Crippen molar-refractivity contribution in [1.29, 1.82) is 0 Å². The first-order valence-electron chi connectivity index (χ1n) is 6.43. The molecule has 1 aromatic carbocycles. The molecule has 0 bridgehead atoms. The Bertz CT molecular complexity index is 483. The van der Waals surface area contributed by atoms with Gasteiger partial charge in [0.15, 0.2) is 0 Å². The minimum atomic E-state index is 0.818. The fourth-order valence-corrected chi connectivity index (χ4v) is 2.51. The zero-order chi connectivity index (χ0) is 11.5. The Balaban J connectivity index is 1.63. The molecule has 0 aliphatic carbocycles. The summed E-state index contributed by atoms with van der Waals surface area (Å²) in [5, 5.41) is 8.23. The highest BCUT2D eigenvalue weighted by Crippen LogP contribution is 2.19. The third kappa shape index (κ3) is 2.44. The first-order chi connectivity index (χ1) is 8.42. The van der Waals surface area contributed by atoms with Crippen molar-refractivity contribution >= 4 is 16.6 Å². The van der Waals surface area contributed by atoms with Gasteiger partial charge in [-0.25, -0.2) is 0 Å². The van der Waals surface area contributed by atoms with Gasteiger partial charge in [0.05, 0.1) is 0 Å². The van der Waals surface area contributed by atoms with Gasteiger partial charge in [0.2, 0.25) is 0 Å². The molecule has 1 saturated heterocycles. The SMILES string of the molecule is c1cc2cc(NCC3CCNCC3)ccc2[nH]1. The van der Waals surface area contributed by atoms with Gasteiger partial charge < -0.3 is 15.6 Å². The van der Waals surface area contributed by atoms with Crippen LogP contribution in [0.5, 0.6) is 0 Å².